The van der Waals surface area contributed by atoms with E-state index in [9.17, 15) is 0 Å². The summed E-state index contributed by atoms with van der Waals surface area (Å²) in [6.07, 6.45) is 6.15. The minimum atomic E-state index is 0.604. The molecule has 0 N–H and O–H groups in total. The first-order valence-electron chi connectivity index (χ1n) is 6.92. The van der Waals surface area contributed by atoms with Gasteiger partial charge in [0.2, 0.25) is 0 Å². The minimum Gasteiger partial charge on any atom is -0.384 e. The molecule has 2 aromatic heterocycles. The van der Waals surface area contributed by atoms with Crippen molar-refractivity contribution in [2.45, 2.75) is 12.8 Å². The van der Waals surface area contributed by atoms with Gasteiger partial charge >= 0.3 is 0 Å². The molecule has 106 valence electrons. The summed E-state index contributed by atoms with van der Waals surface area (Å²) in [6, 6.07) is 4.08. The van der Waals surface area contributed by atoms with Crippen molar-refractivity contribution in [3.8, 4) is 0 Å². The number of halogens is 1. The quantitative estimate of drug-likeness (QED) is 0.862. The van der Waals surface area contributed by atoms with Crippen LogP contribution in [0.15, 0.2) is 29.0 Å². The van der Waals surface area contributed by atoms with Crippen LogP contribution in [0.2, 0.25) is 0 Å². The van der Waals surface area contributed by atoms with E-state index >= 15 is 0 Å². The van der Waals surface area contributed by atoms with E-state index < -0.39 is 0 Å². The highest BCUT2D eigenvalue weighted by molar-refractivity contribution is 9.10. The Labute approximate surface area is 127 Å². The summed E-state index contributed by atoms with van der Waals surface area (Å²) in [6.45, 7) is 2.94. The first-order chi connectivity index (χ1) is 9.78. The smallest absolute Gasteiger partial charge is 0.112 e. The number of anilines is 1. The molecule has 4 nitrogen and oxygen atoms in total. The number of pyridine rings is 2. The van der Waals surface area contributed by atoms with Gasteiger partial charge in [-0.25, -0.2) is 0 Å². The molecular weight excluding hydrogens is 318 g/mol. The van der Waals surface area contributed by atoms with Gasteiger partial charge in [-0.2, -0.15) is 0 Å². The number of fused-ring (bicyclic) bond motifs is 1. The number of aromatic nitrogens is 2. The molecule has 1 aliphatic rings. The van der Waals surface area contributed by atoms with Crippen LogP contribution in [-0.2, 0) is 4.74 Å². The molecule has 0 saturated carbocycles. The van der Waals surface area contributed by atoms with E-state index in [4.69, 9.17) is 4.74 Å². The molecule has 3 rings (SSSR count). The number of nitrogens with zero attached hydrogens (tertiary/aromatic N) is 3. The molecule has 1 fully saturated rings. The van der Waals surface area contributed by atoms with E-state index in [1.807, 2.05) is 18.5 Å². The summed E-state index contributed by atoms with van der Waals surface area (Å²) in [7, 11) is 1.78. The Morgan fingerprint density at radius 2 is 2.35 bits per heavy atom. The number of piperidine rings is 1. The maximum absolute atomic E-state index is 5.31. The maximum Gasteiger partial charge on any atom is 0.112 e. The highest BCUT2D eigenvalue weighted by atomic mass is 79.9. The van der Waals surface area contributed by atoms with Crippen LogP contribution in [0.5, 0.6) is 0 Å². The largest absolute Gasteiger partial charge is 0.384 e. The zero-order valence-corrected chi connectivity index (χ0v) is 13.1. The summed E-state index contributed by atoms with van der Waals surface area (Å²) >= 11 is 3.45. The lowest BCUT2D eigenvalue weighted by Gasteiger charge is -2.34. The molecule has 0 radical (unpaired) electrons. The number of rotatable bonds is 3. The average molecular weight is 336 g/mol. The zero-order chi connectivity index (χ0) is 13.9. The van der Waals surface area contributed by atoms with Crippen LogP contribution in [0.25, 0.3) is 11.0 Å². The van der Waals surface area contributed by atoms with Gasteiger partial charge < -0.3 is 9.64 Å². The summed E-state index contributed by atoms with van der Waals surface area (Å²) in [4.78, 5) is 11.4. The Bertz CT molecular complexity index is 603. The minimum absolute atomic E-state index is 0.604. The van der Waals surface area contributed by atoms with Gasteiger partial charge in [-0.15, -0.1) is 0 Å². The topological polar surface area (TPSA) is 38.2 Å². The average Bonchev–Trinajstić information content (AvgIpc) is 2.47. The van der Waals surface area contributed by atoms with Crippen LogP contribution >= 0.6 is 15.9 Å². The van der Waals surface area contributed by atoms with Crippen LogP contribution in [0, 0.1) is 5.92 Å². The molecule has 0 amide bonds. The molecule has 0 aromatic carbocycles. The van der Waals surface area contributed by atoms with E-state index in [0.29, 0.717) is 5.92 Å². The van der Waals surface area contributed by atoms with Crippen molar-refractivity contribution in [3.63, 3.8) is 0 Å². The summed E-state index contributed by atoms with van der Waals surface area (Å²) < 4.78 is 6.27. The van der Waals surface area contributed by atoms with Crippen LogP contribution < -0.4 is 4.90 Å². The fourth-order valence-corrected chi connectivity index (χ4v) is 3.22. The first-order valence-corrected chi connectivity index (χ1v) is 7.71. The third kappa shape index (κ3) is 2.79. The lowest BCUT2D eigenvalue weighted by Crippen LogP contribution is -2.37. The third-order valence-electron chi connectivity index (χ3n) is 3.78. The Balaban J connectivity index is 1.93. The van der Waals surface area contributed by atoms with Crippen LogP contribution in [0.4, 0.5) is 5.69 Å². The molecule has 0 aliphatic carbocycles. The first kappa shape index (κ1) is 13.8. The van der Waals surface area contributed by atoms with Gasteiger partial charge in [0.25, 0.3) is 0 Å². The van der Waals surface area contributed by atoms with E-state index in [0.717, 1.165) is 35.2 Å². The van der Waals surface area contributed by atoms with Gasteiger partial charge in [0, 0.05) is 37.1 Å². The number of hydrogen-bond donors (Lipinski definition) is 0. The Morgan fingerprint density at radius 3 is 3.20 bits per heavy atom. The van der Waals surface area contributed by atoms with Crippen molar-refractivity contribution >= 4 is 32.7 Å². The molecule has 1 unspecified atom stereocenters. The van der Waals surface area contributed by atoms with Gasteiger partial charge in [0.15, 0.2) is 0 Å². The fourth-order valence-electron chi connectivity index (χ4n) is 2.90. The maximum atomic E-state index is 5.31. The predicted molar refractivity (Wildman–Crippen MR) is 84.1 cm³/mol. The van der Waals surface area contributed by atoms with Crippen molar-refractivity contribution < 1.29 is 4.74 Å². The van der Waals surface area contributed by atoms with Crippen molar-refractivity contribution in [1.82, 2.24) is 9.97 Å². The molecule has 1 saturated heterocycles. The SMILES string of the molecule is COCC1CCCN(c2ccnc3cc(Br)cnc23)C1. The summed E-state index contributed by atoms with van der Waals surface area (Å²) in [5.41, 5.74) is 3.10. The van der Waals surface area contributed by atoms with Crippen LogP contribution in [-0.4, -0.2) is 36.8 Å². The van der Waals surface area contributed by atoms with Gasteiger partial charge in [0.05, 0.1) is 17.8 Å². The Hall–Kier alpha value is -1.20. The second-order valence-electron chi connectivity index (χ2n) is 5.26. The fraction of sp³-hybridized carbons (Fsp3) is 0.467. The molecule has 0 spiro atoms. The van der Waals surface area contributed by atoms with Crippen molar-refractivity contribution in [3.05, 3.63) is 29.0 Å². The van der Waals surface area contributed by atoms with Crippen molar-refractivity contribution in [1.29, 1.82) is 0 Å². The van der Waals surface area contributed by atoms with Crippen molar-refractivity contribution in [2.75, 3.05) is 31.7 Å². The summed E-state index contributed by atoms with van der Waals surface area (Å²) in [5, 5.41) is 0. The van der Waals surface area contributed by atoms with E-state index in [2.05, 4.69) is 36.9 Å². The Morgan fingerprint density at radius 1 is 1.45 bits per heavy atom. The standard InChI is InChI=1S/C15H18BrN3O/c1-20-10-11-3-2-6-19(9-11)14-4-5-17-13-7-12(16)8-18-15(13)14/h4-5,7-8,11H,2-3,6,9-10H2,1H3. The normalized spacial score (nSPS) is 19.5. The molecule has 20 heavy (non-hydrogen) atoms. The lowest BCUT2D eigenvalue weighted by atomic mass is 9.98. The second-order valence-corrected chi connectivity index (χ2v) is 6.18. The Kier molecular flexibility index (Phi) is 4.17. The number of hydrogen-bond acceptors (Lipinski definition) is 4. The molecular formula is C15H18BrN3O. The molecule has 1 atom stereocenters. The number of methoxy groups -OCH3 is 1. The highest BCUT2D eigenvalue weighted by Gasteiger charge is 2.21. The van der Waals surface area contributed by atoms with Gasteiger partial charge in [-0.1, -0.05) is 0 Å². The molecule has 0 bridgehead atoms. The molecule has 5 heteroatoms. The predicted octanol–water partition coefficient (Wildman–Crippen LogP) is 3.26. The number of ether oxygens (including phenoxy) is 1. The lowest BCUT2D eigenvalue weighted by molar-refractivity contribution is 0.143. The highest BCUT2D eigenvalue weighted by Crippen LogP contribution is 2.29. The van der Waals surface area contributed by atoms with Gasteiger partial charge in [0.1, 0.15) is 5.52 Å². The second kappa shape index (κ2) is 6.06. The molecule has 2 aromatic rings. The zero-order valence-electron chi connectivity index (χ0n) is 11.6. The third-order valence-corrected chi connectivity index (χ3v) is 4.22. The molecule has 1 aliphatic heterocycles. The summed E-state index contributed by atoms with van der Waals surface area (Å²) in [5.74, 6) is 0.604. The van der Waals surface area contributed by atoms with Crippen molar-refractivity contribution in [2.24, 2.45) is 5.92 Å². The van der Waals surface area contributed by atoms with E-state index in [1.165, 1.54) is 18.5 Å². The molecule has 3 heterocycles. The monoisotopic (exact) mass is 335 g/mol. The van der Waals surface area contributed by atoms with Crippen LogP contribution in [0.3, 0.4) is 0 Å². The van der Waals surface area contributed by atoms with Gasteiger partial charge in [-0.3, -0.25) is 9.97 Å². The van der Waals surface area contributed by atoms with Crippen LogP contribution in [0.1, 0.15) is 12.8 Å². The van der Waals surface area contributed by atoms with E-state index in [1.54, 1.807) is 7.11 Å². The van der Waals surface area contributed by atoms with Gasteiger partial charge in [-0.05, 0) is 46.8 Å². The van der Waals surface area contributed by atoms with E-state index in [-0.39, 0.29) is 0 Å².